The average molecular weight is 365 g/mol. The first kappa shape index (κ1) is 17.6. The zero-order valence-corrected chi connectivity index (χ0v) is 14.7. The summed E-state index contributed by atoms with van der Waals surface area (Å²) < 4.78 is 1.66. The fourth-order valence-corrected chi connectivity index (χ4v) is 2.43. The number of hydrazine groups is 1. The summed E-state index contributed by atoms with van der Waals surface area (Å²) in [6, 6.07) is 10.8. The van der Waals surface area contributed by atoms with Crippen molar-refractivity contribution in [3.8, 4) is 5.82 Å². The lowest BCUT2D eigenvalue weighted by atomic mass is 10.1. The summed E-state index contributed by atoms with van der Waals surface area (Å²) in [5, 5.41) is 6.18. The maximum absolute atomic E-state index is 6.01. The van der Waals surface area contributed by atoms with Crippen LogP contribution in [0.25, 0.3) is 11.4 Å². The van der Waals surface area contributed by atoms with Crippen molar-refractivity contribution < 1.29 is 0 Å². The number of aromatic nitrogens is 4. The van der Waals surface area contributed by atoms with Gasteiger partial charge >= 0.3 is 0 Å². The molecule has 0 saturated carbocycles. The number of halogens is 1. The minimum Gasteiger partial charge on any atom is -0.287 e. The van der Waals surface area contributed by atoms with Crippen molar-refractivity contribution in [3.05, 3.63) is 96.8 Å². The smallest absolute Gasteiger partial charge is 0.155 e. The van der Waals surface area contributed by atoms with E-state index in [1.54, 1.807) is 41.6 Å². The van der Waals surface area contributed by atoms with Crippen LogP contribution in [0.5, 0.6) is 0 Å². The van der Waals surface area contributed by atoms with Gasteiger partial charge in [0.15, 0.2) is 5.82 Å². The van der Waals surface area contributed by atoms with Crippen molar-refractivity contribution in [2.45, 2.75) is 0 Å². The molecule has 3 aromatic heterocycles. The van der Waals surface area contributed by atoms with Crippen LogP contribution in [-0.4, -0.2) is 19.7 Å². The Bertz CT molecular complexity index is 961. The second-order valence-corrected chi connectivity index (χ2v) is 5.77. The Balaban J connectivity index is 1.79. The molecule has 0 aliphatic rings. The number of anilines is 1. The fraction of sp³-hybridized carbons (Fsp3) is 0. The van der Waals surface area contributed by atoms with Crippen LogP contribution in [0.2, 0.25) is 5.15 Å². The third-order valence-corrected chi connectivity index (χ3v) is 3.86. The van der Waals surface area contributed by atoms with Crippen LogP contribution < -0.4 is 10.9 Å². The molecular formula is C19H17ClN6. The van der Waals surface area contributed by atoms with Gasteiger partial charge in [-0.25, -0.2) is 15.5 Å². The molecule has 0 aliphatic heterocycles. The van der Waals surface area contributed by atoms with Gasteiger partial charge in [0, 0.05) is 18.6 Å². The zero-order chi connectivity index (χ0) is 18.5. The van der Waals surface area contributed by atoms with Gasteiger partial charge in [-0.2, -0.15) is 5.10 Å². The van der Waals surface area contributed by atoms with Crippen molar-refractivity contribution in [1.82, 2.24) is 19.7 Å². The summed E-state index contributed by atoms with van der Waals surface area (Å²) >= 11 is 5.97. The van der Waals surface area contributed by atoms with E-state index in [0.717, 1.165) is 11.4 Å². The van der Waals surface area contributed by atoms with Crippen molar-refractivity contribution in [2.24, 2.45) is 5.84 Å². The summed E-state index contributed by atoms with van der Waals surface area (Å²) in [5.74, 6) is 6.61. The predicted molar refractivity (Wildman–Crippen MR) is 105 cm³/mol. The highest BCUT2D eigenvalue weighted by Crippen LogP contribution is 2.23. The lowest BCUT2D eigenvalue weighted by Crippen LogP contribution is -2.23. The van der Waals surface area contributed by atoms with Crippen molar-refractivity contribution >= 4 is 22.9 Å². The Kier molecular flexibility index (Phi) is 5.26. The van der Waals surface area contributed by atoms with E-state index in [4.69, 9.17) is 17.4 Å². The van der Waals surface area contributed by atoms with Gasteiger partial charge in [0.2, 0.25) is 0 Å². The minimum atomic E-state index is 0.393. The molecule has 3 aromatic rings. The molecule has 2 N–H and O–H groups in total. The fourth-order valence-electron chi connectivity index (χ4n) is 2.27. The highest BCUT2D eigenvalue weighted by Gasteiger charge is 2.11. The second-order valence-electron chi connectivity index (χ2n) is 5.38. The van der Waals surface area contributed by atoms with E-state index in [1.807, 2.05) is 30.3 Å². The number of nitrogens with two attached hydrogens (primary N) is 1. The van der Waals surface area contributed by atoms with Crippen LogP contribution in [0.1, 0.15) is 5.69 Å². The number of rotatable bonds is 6. The largest absolute Gasteiger partial charge is 0.287 e. The summed E-state index contributed by atoms with van der Waals surface area (Å²) in [4.78, 5) is 8.24. The normalized spacial score (nSPS) is 10.8. The lowest BCUT2D eigenvalue weighted by Gasteiger charge is -2.14. The van der Waals surface area contributed by atoms with Crippen molar-refractivity contribution in [3.63, 3.8) is 0 Å². The number of nitrogens with zero attached hydrogens (tertiary/aromatic N) is 5. The third-order valence-electron chi connectivity index (χ3n) is 3.65. The van der Waals surface area contributed by atoms with E-state index in [-0.39, 0.29) is 0 Å². The van der Waals surface area contributed by atoms with E-state index >= 15 is 0 Å². The highest BCUT2D eigenvalue weighted by molar-refractivity contribution is 6.29. The molecule has 0 saturated heterocycles. The summed E-state index contributed by atoms with van der Waals surface area (Å²) in [7, 11) is 0. The molecule has 0 amide bonds. The van der Waals surface area contributed by atoms with E-state index in [9.17, 15) is 0 Å². The van der Waals surface area contributed by atoms with E-state index < -0.39 is 0 Å². The van der Waals surface area contributed by atoms with Crippen LogP contribution in [0.15, 0.2) is 86.0 Å². The predicted octanol–water partition coefficient (Wildman–Crippen LogP) is 3.78. The number of hydrogen-bond acceptors (Lipinski definition) is 5. The van der Waals surface area contributed by atoms with Gasteiger partial charge in [0.05, 0.1) is 17.6 Å². The molecule has 0 atom stereocenters. The highest BCUT2D eigenvalue weighted by atomic mass is 35.5. The van der Waals surface area contributed by atoms with Crippen LogP contribution >= 0.6 is 11.6 Å². The van der Waals surface area contributed by atoms with Gasteiger partial charge in [-0.3, -0.25) is 9.99 Å². The topological polar surface area (TPSA) is 72.9 Å². The van der Waals surface area contributed by atoms with E-state index in [0.29, 0.717) is 22.1 Å². The zero-order valence-electron chi connectivity index (χ0n) is 14.0. The molecule has 0 bridgehead atoms. The number of pyridine rings is 2. The van der Waals surface area contributed by atoms with Gasteiger partial charge in [-0.15, -0.1) is 0 Å². The molecule has 6 nitrogen and oxygen atoms in total. The van der Waals surface area contributed by atoms with Gasteiger partial charge in [-0.05, 0) is 47.6 Å². The van der Waals surface area contributed by atoms with Crippen LogP contribution in [-0.2, 0) is 0 Å². The Morgan fingerprint density at radius 3 is 2.62 bits per heavy atom. The van der Waals surface area contributed by atoms with Gasteiger partial charge in [0.25, 0.3) is 0 Å². The molecule has 7 heteroatoms. The minimum absolute atomic E-state index is 0.393. The van der Waals surface area contributed by atoms with Gasteiger partial charge in [0.1, 0.15) is 5.15 Å². The molecule has 0 fully saturated rings. The summed E-state index contributed by atoms with van der Waals surface area (Å²) in [6.07, 6.45) is 8.51. The Morgan fingerprint density at radius 2 is 1.88 bits per heavy atom. The maximum atomic E-state index is 6.01. The van der Waals surface area contributed by atoms with Crippen molar-refractivity contribution in [2.75, 3.05) is 5.01 Å². The Hall–Kier alpha value is -3.22. The molecule has 130 valence electrons. The van der Waals surface area contributed by atoms with E-state index in [1.165, 1.54) is 5.01 Å². The summed E-state index contributed by atoms with van der Waals surface area (Å²) in [5.41, 5.74) is 2.96. The Morgan fingerprint density at radius 1 is 1.12 bits per heavy atom. The quantitative estimate of drug-likeness (QED) is 0.312. The molecule has 0 spiro atoms. The number of hydrogen-bond donors (Lipinski definition) is 1. The molecule has 3 heterocycles. The SMILES string of the molecule is C=C(/C=C\N(N)c1ccncc1)C(=C)c1ccnn1-c1cccc(Cl)n1. The van der Waals surface area contributed by atoms with Gasteiger partial charge < -0.3 is 0 Å². The molecule has 3 rings (SSSR count). The van der Waals surface area contributed by atoms with Gasteiger partial charge in [-0.1, -0.05) is 30.8 Å². The summed E-state index contributed by atoms with van der Waals surface area (Å²) in [6.45, 7) is 8.17. The maximum Gasteiger partial charge on any atom is 0.155 e. The van der Waals surface area contributed by atoms with Crippen LogP contribution in [0.4, 0.5) is 5.69 Å². The monoisotopic (exact) mass is 364 g/mol. The first-order chi connectivity index (χ1) is 12.6. The molecule has 0 aliphatic carbocycles. The standard InChI is InChI=1S/C19H17ClN6/c1-14(9-13-25(21)16-6-10-22-11-7-16)15(2)17-8-12-23-26(17)19-5-3-4-18(20)24-19/h3-13H,1-2,21H2/b13-9-. The average Bonchev–Trinajstić information content (AvgIpc) is 3.15. The second kappa shape index (κ2) is 7.77. The van der Waals surface area contributed by atoms with E-state index in [2.05, 4.69) is 28.2 Å². The van der Waals surface area contributed by atoms with Crippen molar-refractivity contribution in [1.29, 1.82) is 0 Å². The molecule has 0 unspecified atom stereocenters. The molecule has 0 aromatic carbocycles. The first-order valence-corrected chi connectivity index (χ1v) is 8.12. The first-order valence-electron chi connectivity index (χ1n) is 7.74. The molecular weight excluding hydrogens is 348 g/mol. The number of allylic oxidation sites excluding steroid dienone is 3. The molecule has 26 heavy (non-hydrogen) atoms. The van der Waals surface area contributed by atoms with Crippen LogP contribution in [0.3, 0.4) is 0 Å². The lowest BCUT2D eigenvalue weighted by molar-refractivity contribution is 0.836. The third kappa shape index (κ3) is 3.88. The Labute approximate surface area is 156 Å². The molecule has 0 radical (unpaired) electrons. The van der Waals surface area contributed by atoms with Crippen LogP contribution in [0, 0.1) is 0 Å².